The van der Waals surface area contributed by atoms with Crippen molar-refractivity contribution >= 4 is 45.0 Å². The van der Waals surface area contributed by atoms with Crippen LogP contribution in [0, 0.1) is 5.92 Å². The minimum Gasteiger partial charge on any atom is -0.331 e. The summed E-state index contributed by atoms with van der Waals surface area (Å²) in [5.41, 5.74) is 0.343. The Kier molecular flexibility index (Phi) is 5.81. The van der Waals surface area contributed by atoms with E-state index in [0.29, 0.717) is 12.8 Å². The van der Waals surface area contributed by atoms with Crippen molar-refractivity contribution in [3.05, 3.63) is 18.2 Å². The number of amides is 5. The van der Waals surface area contributed by atoms with Gasteiger partial charge in [-0.3, -0.25) is 19.6 Å². The summed E-state index contributed by atoms with van der Waals surface area (Å²) >= 11 is 0. The number of sulfone groups is 1. The van der Waals surface area contributed by atoms with Gasteiger partial charge in [0.25, 0.3) is 5.91 Å². The number of rotatable bonds is 4. The molecule has 1 saturated carbocycles. The summed E-state index contributed by atoms with van der Waals surface area (Å²) in [6.07, 6.45) is 0.933. The molecule has 1 aromatic carbocycles. The Balaban J connectivity index is 2.03. The van der Waals surface area contributed by atoms with Crippen molar-refractivity contribution in [1.82, 2.24) is 10.4 Å². The fraction of sp³-hybridized carbons (Fsp3) is 0.444. The molecule has 3 rings (SSSR count). The number of imide groups is 1. The van der Waals surface area contributed by atoms with E-state index < -0.39 is 50.8 Å². The van der Waals surface area contributed by atoms with E-state index in [1.165, 1.54) is 32.0 Å². The predicted molar refractivity (Wildman–Crippen MR) is 104 cm³/mol. The first-order valence-corrected chi connectivity index (χ1v) is 10.8. The number of benzene rings is 1. The molecule has 1 aliphatic heterocycles. The number of fused-ring (bicyclic) bond motifs is 1. The molecule has 3 atom stereocenters. The molecular weight excluding hydrogens is 416 g/mol. The number of urea groups is 1. The molecule has 2 aliphatic rings. The van der Waals surface area contributed by atoms with Crippen LogP contribution in [0.5, 0.6) is 0 Å². The normalized spacial score (nSPS) is 24.0. The first-order chi connectivity index (χ1) is 14.0. The van der Waals surface area contributed by atoms with Gasteiger partial charge in [0.15, 0.2) is 9.84 Å². The second kappa shape index (κ2) is 8.03. The Morgan fingerprint density at radius 1 is 1.07 bits per heavy atom. The Morgan fingerprint density at radius 2 is 1.63 bits per heavy atom. The van der Waals surface area contributed by atoms with E-state index in [1.54, 1.807) is 0 Å². The Labute approximate surface area is 172 Å². The first-order valence-electron chi connectivity index (χ1n) is 9.28. The Morgan fingerprint density at radius 3 is 2.17 bits per heavy atom. The van der Waals surface area contributed by atoms with Gasteiger partial charge in [-0.15, -0.1) is 5.06 Å². The van der Waals surface area contributed by atoms with Crippen LogP contribution in [0.1, 0.15) is 33.1 Å². The van der Waals surface area contributed by atoms with E-state index >= 15 is 0 Å². The maximum absolute atomic E-state index is 13.4. The monoisotopic (exact) mass is 438 g/mol. The quantitative estimate of drug-likeness (QED) is 0.507. The summed E-state index contributed by atoms with van der Waals surface area (Å²) in [6.45, 7) is 2.52. The van der Waals surface area contributed by atoms with Crippen LogP contribution in [-0.4, -0.2) is 53.7 Å². The molecule has 11 nitrogen and oxygen atoms in total. The molecule has 0 radical (unpaired) electrons. The number of hydrogen-bond acceptors (Lipinski definition) is 7. The lowest BCUT2D eigenvalue weighted by Gasteiger charge is -2.41. The van der Waals surface area contributed by atoms with Gasteiger partial charge in [0.1, 0.15) is 0 Å². The Bertz CT molecular complexity index is 989. The maximum Gasteiger partial charge on any atom is 0.348 e. The lowest BCUT2D eigenvalue weighted by molar-refractivity contribution is -0.163. The van der Waals surface area contributed by atoms with Crippen molar-refractivity contribution in [2.45, 2.75) is 49.3 Å². The molecule has 1 aromatic rings. The van der Waals surface area contributed by atoms with Gasteiger partial charge in [-0.25, -0.2) is 13.2 Å². The van der Waals surface area contributed by atoms with Crippen LogP contribution < -0.4 is 16.0 Å². The molecule has 0 bridgehead atoms. The highest BCUT2D eigenvalue weighted by Gasteiger charge is 2.50. The zero-order valence-corrected chi connectivity index (χ0v) is 17.2. The summed E-state index contributed by atoms with van der Waals surface area (Å²) in [6, 6.07) is 1.86. The zero-order valence-electron chi connectivity index (χ0n) is 16.3. The van der Waals surface area contributed by atoms with Crippen molar-refractivity contribution in [2.24, 2.45) is 5.92 Å². The molecule has 5 amide bonds. The average molecular weight is 438 g/mol. The molecule has 0 aromatic heterocycles. The minimum atomic E-state index is -4.08. The number of carbonyl (C=O) groups is 4. The minimum absolute atomic E-state index is 0.0253. The molecule has 2 fully saturated rings. The van der Waals surface area contributed by atoms with Gasteiger partial charge in [-0.2, -0.15) is 0 Å². The van der Waals surface area contributed by atoms with Gasteiger partial charge in [0, 0.05) is 25.2 Å². The van der Waals surface area contributed by atoms with Crippen LogP contribution in [0.2, 0.25) is 0 Å². The van der Waals surface area contributed by atoms with Gasteiger partial charge < -0.3 is 16.0 Å². The molecule has 12 heteroatoms. The van der Waals surface area contributed by atoms with Gasteiger partial charge >= 0.3 is 6.03 Å². The van der Waals surface area contributed by atoms with E-state index in [1.807, 2.05) is 0 Å². The van der Waals surface area contributed by atoms with E-state index in [-0.39, 0.29) is 27.8 Å². The van der Waals surface area contributed by atoms with Crippen LogP contribution in [0.3, 0.4) is 0 Å². The number of carbonyl (C=O) groups excluding carboxylic acids is 4. The SMILES string of the molecule is CC(=O)Nc1cc(NC(C)=O)cc(S(=O)(=O)C2CCCC3C(=O)N(O)C(=O)NC32)c1. The molecule has 30 heavy (non-hydrogen) atoms. The number of hydroxylamine groups is 2. The van der Waals surface area contributed by atoms with E-state index in [0.717, 1.165) is 0 Å². The van der Waals surface area contributed by atoms with Crippen LogP contribution in [0.25, 0.3) is 0 Å². The molecule has 162 valence electrons. The van der Waals surface area contributed by atoms with Gasteiger partial charge in [-0.05, 0) is 31.0 Å². The third-order valence-electron chi connectivity index (χ3n) is 5.12. The van der Waals surface area contributed by atoms with Gasteiger partial charge in [-0.1, -0.05) is 6.42 Å². The molecular formula is C18H22N4O7S. The number of anilines is 2. The molecule has 4 N–H and O–H groups in total. The fourth-order valence-electron chi connectivity index (χ4n) is 3.93. The second-order valence-electron chi connectivity index (χ2n) is 7.35. The molecule has 3 unspecified atom stereocenters. The summed E-state index contributed by atoms with van der Waals surface area (Å²) in [5.74, 6) is -2.56. The van der Waals surface area contributed by atoms with Crippen molar-refractivity contribution in [2.75, 3.05) is 10.6 Å². The highest BCUT2D eigenvalue weighted by molar-refractivity contribution is 7.92. The van der Waals surface area contributed by atoms with E-state index in [2.05, 4.69) is 16.0 Å². The van der Waals surface area contributed by atoms with Crippen LogP contribution in [0.4, 0.5) is 16.2 Å². The standard InChI is InChI=1S/C18H22N4O7S/c1-9(23)19-11-6-12(20-10(2)24)8-13(7-11)30(28,29)15-5-3-4-14-16(15)21-18(26)22(27)17(14)25/h6-8,14-16,27H,3-5H2,1-2H3,(H,19,23)(H,20,24)(H,21,26). The van der Waals surface area contributed by atoms with Crippen molar-refractivity contribution < 1.29 is 32.8 Å². The summed E-state index contributed by atoms with van der Waals surface area (Å²) in [7, 11) is -4.08. The van der Waals surface area contributed by atoms with Crippen LogP contribution in [0.15, 0.2) is 23.1 Å². The number of hydrogen-bond donors (Lipinski definition) is 4. The smallest absolute Gasteiger partial charge is 0.331 e. The third kappa shape index (κ3) is 4.14. The van der Waals surface area contributed by atoms with E-state index in [9.17, 15) is 32.8 Å². The van der Waals surface area contributed by atoms with Crippen LogP contribution in [-0.2, 0) is 24.2 Å². The highest BCUT2D eigenvalue weighted by atomic mass is 32.2. The maximum atomic E-state index is 13.4. The molecule has 0 spiro atoms. The molecule has 1 heterocycles. The lowest BCUT2D eigenvalue weighted by atomic mass is 9.82. The summed E-state index contributed by atoms with van der Waals surface area (Å²) in [5, 5.41) is 15.8. The second-order valence-corrected chi connectivity index (χ2v) is 9.52. The summed E-state index contributed by atoms with van der Waals surface area (Å²) in [4.78, 5) is 46.8. The Hall–Kier alpha value is -2.99. The predicted octanol–water partition coefficient (Wildman–Crippen LogP) is 0.855. The zero-order chi connectivity index (χ0) is 22.2. The number of nitrogens with zero attached hydrogens (tertiary/aromatic N) is 1. The lowest BCUT2D eigenvalue weighted by Crippen LogP contribution is -2.64. The number of nitrogens with one attached hydrogen (secondary N) is 3. The third-order valence-corrected chi connectivity index (χ3v) is 7.34. The van der Waals surface area contributed by atoms with Crippen molar-refractivity contribution in [3.63, 3.8) is 0 Å². The fourth-order valence-corrected chi connectivity index (χ4v) is 5.98. The van der Waals surface area contributed by atoms with Gasteiger partial charge in [0.05, 0.1) is 22.1 Å². The van der Waals surface area contributed by atoms with E-state index in [4.69, 9.17) is 0 Å². The summed E-state index contributed by atoms with van der Waals surface area (Å²) < 4.78 is 26.9. The van der Waals surface area contributed by atoms with Crippen LogP contribution >= 0.6 is 0 Å². The van der Waals surface area contributed by atoms with Crippen molar-refractivity contribution in [1.29, 1.82) is 0 Å². The molecule has 1 saturated heterocycles. The average Bonchev–Trinajstić information content (AvgIpc) is 2.64. The highest BCUT2D eigenvalue weighted by Crippen LogP contribution is 2.36. The largest absolute Gasteiger partial charge is 0.348 e. The molecule has 1 aliphatic carbocycles. The van der Waals surface area contributed by atoms with Gasteiger partial charge in [0.2, 0.25) is 11.8 Å². The topological polar surface area (TPSA) is 162 Å². The first kappa shape index (κ1) is 21.7. The van der Waals surface area contributed by atoms with Crippen molar-refractivity contribution in [3.8, 4) is 0 Å².